The van der Waals surface area contributed by atoms with E-state index in [-0.39, 0.29) is 17.9 Å². The molecular formula is C14H18ClFN4. The minimum atomic E-state index is -0.321. The van der Waals surface area contributed by atoms with Gasteiger partial charge in [-0.25, -0.2) is 14.1 Å². The number of rotatable bonds is 5. The fourth-order valence-electron chi connectivity index (χ4n) is 2.15. The largest absolute Gasteiger partial charge is 0.327 e. The quantitative estimate of drug-likeness (QED) is 0.923. The van der Waals surface area contributed by atoms with Crippen LogP contribution in [-0.2, 0) is 12.8 Å². The Morgan fingerprint density at radius 2 is 2.10 bits per heavy atom. The summed E-state index contributed by atoms with van der Waals surface area (Å²) in [6.45, 7) is 4.05. The molecule has 1 heterocycles. The summed E-state index contributed by atoms with van der Waals surface area (Å²) in [5.41, 5.74) is 6.55. The van der Waals surface area contributed by atoms with Gasteiger partial charge in [0.25, 0.3) is 0 Å². The van der Waals surface area contributed by atoms with Crippen molar-refractivity contribution in [1.82, 2.24) is 14.8 Å². The summed E-state index contributed by atoms with van der Waals surface area (Å²) in [7, 11) is 0. The highest BCUT2D eigenvalue weighted by Crippen LogP contribution is 2.21. The van der Waals surface area contributed by atoms with Crippen LogP contribution in [0, 0.1) is 5.82 Å². The molecule has 0 fully saturated rings. The summed E-state index contributed by atoms with van der Waals surface area (Å²) in [6.07, 6.45) is 2.41. The Morgan fingerprint density at radius 1 is 1.35 bits per heavy atom. The van der Waals surface area contributed by atoms with E-state index in [1.807, 2.05) is 18.5 Å². The average Bonchev–Trinajstić information content (AvgIpc) is 2.82. The molecule has 2 rings (SSSR count). The molecule has 0 amide bonds. The van der Waals surface area contributed by atoms with Gasteiger partial charge in [0.15, 0.2) is 0 Å². The molecule has 0 aliphatic heterocycles. The van der Waals surface area contributed by atoms with Crippen LogP contribution in [0.1, 0.15) is 31.3 Å². The number of benzene rings is 1. The first kappa shape index (κ1) is 14.9. The minimum Gasteiger partial charge on any atom is -0.327 e. The highest BCUT2D eigenvalue weighted by atomic mass is 35.5. The lowest BCUT2D eigenvalue weighted by Gasteiger charge is -2.15. The maximum Gasteiger partial charge on any atom is 0.138 e. The van der Waals surface area contributed by atoms with Crippen LogP contribution in [-0.4, -0.2) is 20.8 Å². The Bertz CT molecular complexity index is 562. The Balaban J connectivity index is 2.09. The Hall–Kier alpha value is -1.46. The molecule has 6 heteroatoms. The van der Waals surface area contributed by atoms with Gasteiger partial charge in [0.05, 0.1) is 0 Å². The van der Waals surface area contributed by atoms with E-state index in [4.69, 9.17) is 17.3 Å². The van der Waals surface area contributed by atoms with E-state index >= 15 is 0 Å². The summed E-state index contributed by atoms with van der Waals surface area (Å²) < 4.78 is 15.5. The van der Waals surface area contributed by atoms with E-state index in [0.717, 1.165) is 5.82 Å². The molecule has 2 aromatic rings. The summed E-state index contributed by atoms with van der Waals surface area (Å²) in [6, 6.07) is 4.61. The maximum atomic E-state index is 13.7. The molecule has 1 unspecified atom stereocenters. The summed E-state index contributed by atoms with van der Waals surface area (Å²) >= 11 is 6.01. The van der Waals surface area contributed by atoms with Crippen LogP contribution in [0.25, 0.3) is 0 Å². The van der Waals surface area contributed by atoms with Gasteiger partial charge in [0, 0.05) is 29.1 Å². The van der Waals surface area contributed by atoms with Gasteiger partial charge in [-0.2, -0.15) is 5.10 Å². The lowest BCUT2D eigenvalue weighted by atomic mass is 10.0. The molecule has 20 heavy (non-hydrogen) atoms. The normalized spacial score (nSPS) is 12.9. The van der Waals surface area contributed by atoms with Gasteiger partial charge in [0.2, 0.25) is 0 Å². The first-order chi connectivity index (χ1) is 9.49. The van der Waals surface area contributed by atoms with Crippen molar-refractivity contribution in [3.05, 3.63) is 46.8 Å². The predicted molar refractivity (Wildman–Crippen MR) is 77.2 cm³/mol. The third kappa shape index (κ3) is 3.35. The van der Waals surface area contributed by atoms with E-state index < -0.39 is 0 Å². The molecule has 1 aromatic heterocycles. The van der Waals surface area contributed by atoms with Gasteiger partial charge in [0.1, 0.15) is 18.0 Å². The molecule has 0 aliphatic carbocycles. The minimum absolute atomic E-state index is 0.219. The third-order valence-corrected chi connectivity index (χ3v) is 3.46. The molecule has 0 radical (unpaired) electrons. The van der Waals surface area contributed by atoms with Gasteiger partial charge < -0.3 is 5.73 Å². The smallest absolute Gasteiger partial charge is 0.138 e. The zero-order valence-corrected chi connectivity index (χ0v) is 12.3. The van der Waals surface area contributed by atoms with Crippen LogP contribution in [0.5, 0.6) is 0 Å². The van der Waals surface area contributed by atoms with Crippen molar-refractivity contribution in [2.75, 3.05) is 0 Å². The molecule has 1 aromatic carbocycles. The molecule has 4 nitrogen and oxygen atoms in total. The van der Waals surface area contributed by atoms with Crippen molar-refractivity contribution in [3.8, 4) is 0 Å². The van der Waals surface area contributed by atoms with Crippen molar-refractivity contribution >= 4 is 11.6 Å². The Morgan fingerprint density at radius 3 is 2.75 bits per heavy atom. The molecule has 0 saturated carbocycles. The zero-order valence-electron chi connectivity index (χ0n) is 11.6. The van der Waals surface area contributed by atoms with E-state index in [0.29, 0.717) is 23.4 Å². The molecule has 0 spiro atoms. The molecule has 1 atom stereocenters. The maximum absolute atomic E-state index is 13.7. The monoisotopic (exact) mass is 296 g/mol. The lowest BCUT2D eigenvalue weighted by molar-refractivity contribution is 0.487. The van der Waals surface area contributed by atoms with Crippen LogP contribution < -0.4 is 5.73 Å². The summed E-state index contributed by atoms with van der Waals surface area (Å²) in [4.78, 5) is 4.21. The second-order valence-electron chi connectivity index (χ2n) is 5.08. The first-order valence-electron chi connectivity index (χ1n) is 6.56. The summed E-state index contributed by atoms with van der Waals surface area (Å²) in [5, 5.41) is 4.57. The molecule has 2 N–H and O–H groups in total. The molecular weight excluding hydrogens is 279 g/mol. The fraction of sp³-hybridized carbons (Fsp3) is 0.429. The van der Waals surface area contributed by atoms with Crippen LogP contribution in [0.15, 0.2) is 24.5 Å². The van der Waals surface area contributed by atoms with Crippen molar-refractivity contribution in [2.45, 2.75) is 38.8 Å². The van der Waals surface area contributed by atoms with E-state index in [9.17, 15) is 4.39 Å². The SMILES string of the molecule is CC(C)n1ncnc1CC(N)Cc1c(F)cccc1Cl. The number of nitrogens with two attached hydrogens (primary N) is 1. The third-order valence-electron chi connectivity index (χ3n) is 3.11. The van der Waals surface area contributed by atoms with E-state index in [2.05, 4.69) is 10.1 Å². The van der Waals surface area contributed by atoms with Crippen molar-refractivity contribution in [2.24, 2.45) is 5.73 Å². The highest BCUT2D eigenvalue weighted by Gasteiger charge is 2.16. The molecule has 0 aliphatic rings. The van der Waals surface area contributed by atoms with Crippen molar-refractivity contribution < 1.29 is 4.39 Å². The van der Waals surface area contributed by atoms with Crippen LogP contribution in [0.3, 0.4) is 0 Å². The second kappa shape index (κ2) is 6.33. The van der Waals surface area contributed by atoms with Crippen LogP contribution >= 0.6 is 11.6 Å². The first-order valence-corrected chi connectivity index (χ1v) is 6.93. The highest BCUT2D eigenvalue weighted by molar-refractivity contribution is 6.31. The van der Waals surface area contributed by atoms with Gasteiger partial charge in [-0.3, -0.25) is 0 Å². The number of hydrogen-bond donors (Lipinski definition) is 1. The molecule has 0 bridgehead atoms. The van der Waals surface area contributed by atoms with E-state index in [1.165, 1.54) is 12.4 Å². The summed E-state index contributed by atoms with van der Waals surface area (Å²) in [5.74, 6) is 0.484. The van der Waals surface area contributed by atoms with Crippen LogP contribution in [0.2, 0.25) is 5.02 Å². The number of aromatic nitrogens is 3. The standard InChI is InChI=1S/C14H18ClFN4/c1-9(2)20-14(18-8-19-20)7-10(17)6-11-12(15)4-3-5-13(11)16/h3-5,8-10H,6-7,17H2,1-2H3. The zero-order chi connectivity index (χ0) is 14.7. The van der Waals surface area contributed by atoms with Crippen molar-refractivity contribution in [3.63, 3.8) is 0 Å². The van der Waals surface area contributed by atoms with Gasteiger partial charge in [-0.05, 0) is 32.4 Å². The lowest BCUT2D eigenvalue weighted by Crippen LogP contribution is -2.28. The van der Waals surface area contributed by atoms with E-state index in [1.54, 1.807) is 12.1 Å². The Labute approximate surface area is 122 Å². The van der Waals surface area contributed by atoms with Crippen LogP contribution in [0.4, 0.5) is 4.39 Å². The van der Waals surface area contributed by atoms with Gasteiger partial charge in [-0.1, -0.05) is 17.7 Å². The number of nitrogens with zero attached hydrogens (tertiary/aromatic N) is 3. The average molecular weight is 297 g/mol. The number of hydrogen-bond acceptors (Lipinski definition) is 3. The van der Waals surface area contributed by atoms with Gasteiger partial charge in [-0.15, -0.1) is 0 Å². The number of halogens is 2. The van der Waals surface area contributed by atoms with Gasteiger partial charge >= 0.3 is 0 Å². The second-order valence-corrected chi connectivity index (χ2v) is 5.49. The molecule has 108 valence electrons. The van der Waals surface area contributed by atoms with Crippen molar-refractivity contribution in [1.29, 1.82) is 0 Å². The predicted octanol–water partition coefficient (Wildman–Crippen LogP) is 2.76. The Kier molecular flexibility index (Phi) is 4.73. The molecule has 0 saturated heterocycles. The topological polar surface area (TPSA) is 56.7 Å². The fourth-order valence-corrected chi connectivity index (χ4v) is 2.39.